The summed E-state index contributed by atoms with van der Waals surface area (Å²) < 4.78 is 7.48. The highest BCUT2D eigenvalue weighted by Crippen LogP contribution is 2.30. The van der Waals surface area contributed by atoms with Crippen LogP contribution < -0.4 is 0 Å². The van der Waals surface area contributed by atoms with Gasteiger partial charge in [0.25, 0.3) is 5.91 Å². The Bertz CT molecular complexity index is 685. The standard InChI is InChI=1S/C17H20N4O2/c22-17(21-9-10-23-16-8-4-7-15(16)21)14-12-20(19-18-14)11-13-5-2-1-3-6-13/h1-3,5-6,12,15-16H,4,7-11H2/t15-,16+/m0/s1. The average molecular weight is 312 g/mol. The lowest BCUT2D eigenvalue weighted by molar-refractivity contribution is -0.0447. The lowest BCUT2D eigenvalue weighted by atomic mass is 10.1. The molecule has 1 amide bonds. The molecule has 1 aliphatic carbocycles. The third-order valence-corrected chi connectivity index (χ3v) is 4.69. The van der Waals surface area contributed by atoms with Gasteiger partial charge in [-0.1, -0.05) is 35.5 Å². The molecule has 6 heteroatoms. The maximum Gasteiger partial charge on any atom is 0.276 e. The fraction of sp³-hybridized carbons (Fsp3) is 0.471. The van der Waals surface area contributed by atoms with Gasteiger partial charge in [-0.25, -0.2) is 4.68 Å². The zero-order chi connectivity index (χ0) is 15.6. The second-order valence-electron chi connectivity index (χ2n) is 6.19. The molecule has 2 aromatic rings. The summed E-state index contributed by atoms with van der Waals surface area (Å²) in [5, 5.41) is 8.18. The van der Waals surface area contributed by atoms with E-state index in [0.717, 1.165) is 24.8 Å². The number of nitrogens with zero attached hydrogens (tertiary/aromatic N) is 4. The molecule has 120 valence electrons. The van der Waals surface area contributed by atoms with Gasteiger partial charge in [0.1, 0.15) is 0 Å². The fourth-order valence-corrected chi connectivity index (χ4v) is 3.57. The van der Waals surface area contributed by atoms with E-state index < -0.39 is 0 Å². The number of benzene rings is 1. The SMILES string of the molecule is O=C(c1cn(Cc2ccccc2)nn1)N1CCO[C@@H]2CCC[C@@H]21. The predicted octanol–water partition coefficient (Wildman–Crippen LogP) is 1.72. The molecule has 1 saturated heterocycles. The quantitative estimate of drug-likeness (QED) is 0.866. The molecule has 0 bridgehead atoms. The van der Waals surface area contributed by atoms with E-state index in [9.17, 15) is 4.79 Å². The predicted molar refractivity (Wildman–Crippen MR) is 84.0 cm³/mol. The Kier molecular flexibility index (Phi) is 3.83. The molecular weight excluding hydrogens is 292 g/mol. The van der Waals surface area contributed by atoms with Crippen molar-refractivity contribution in [2.45, 2.75) is 38.0 Å². The van der Waals surface area contributed by atoms with Gasteiger partial charge in [-0.15, -0.1) is 5.10 Å². The van der Waals surface area contributed by atoms with Gasteiger partial charge < -0.3 is 9.64 Å². The van der Waals surface area contributed by atoms with Gasteiger partial charge >= 0.3 is 0 Å². The van der Waals surface area contributed by atoms with Gasteiger partial charge in [0.2, 0.25) is 0 Å². The molecule has 2 aliphatic rings. The van der Waals surface area contributed by atoms with E-state index in [2.05, 4.69) is 10.3 Å². The van der Waals surface area contributed by atoms with E-state index in [4.69, 9.17) is 4.74 Å². The number of morpholine rings is 1. The van der Waals surface area contributed by atoms with Crippen LogP contribution in [0.15, 0.2) is 36.5 Å². The van der Waals surface area contributed by atoms with Crippen LogP contribution in [0.2, 0.25) is 0 Å². The monoisotopic (exact) mass is 312 g/mol. The number of rotatable bonds is 3. The molecule has 4 rings (SSSR count). The summed E-state index contributed by atoms with van der Waals surface area (Å²) in [6.45, 7) is 1.88. The molecule has 0 unspecified atom stereocenters. The molecule has 23 heavy (non-hydrogen) atoms. The summed E-state index contributed by atoms with van der Waals surface area (Å²) in [4.78, 5) is 14.7. The molecule has 1 aromatic carbocycles. The molecule has 1 aliphatic heterocycles. The minimum atomic E-state index is -0.0236. The minimum Gasteiger partial charge on any atom is -0.374 e. The van der Waals surface area contributed by atoms with Crippen molar-refractivity contribution >= 4 is 5.91 Å². The molecule has 2 atom stereocenters. The highest BCUT2D eigenvalue weighted by Gasteiger charge is 2.39. The van der Waals surface area contributed by atoms with Gasteiger partial charge in [-0.2, -0.15) is 0 Å². The Labute approximate surface area is 135 Å². The zero-order valence-corrected chi connectivity index (χ0v) is 13.0. The summed E-state index contributed by atoms with van der Waals surface area (Å²) in [7, 11) is 0. The number of carbonyl (C=O) groups is 1. The first kappa shape index (κ1) is 14.4. The fourth-order valence-electron chi connectivity index (χ4n) is 3.57. The summed E-state index contributed by atoms with van der Waals surface area (Å²) in [5.41, 5.74) is 1.56. The molecule has 0 radical (unpaired) electrons. The van der Waals surface area contributed by atoms with Crippen LogP contribution in [0.5, 0.6) is 0 Å². The largest absolute Gasteiger partial charge is 0.374 e. The first-order valence-electron chi connectivity index (χ1n) is 8.18. The molecule has 2 heterocycles. The van der Waals surface area contributed by atoms with E-state index in [1.54, 1.807) is 10.9 Å². The van der Waals surface area contributed by atoms with Crippen LogP contribution in [0.25, 0.3) is 0 Å². The summed E-state index contributed by atoms with van der Waals surface area (Å²) >= 11 is 0. The second-order valence-corrected chi connectivity index (χ2v) is 6.19. The van der Waals surface area contributed by atoms with Gasteiger partial charge in [-0.3, -0.25) is 4.79 Å². The number of carbonyl (C=O) groups excluding carboxylic acids is 1. The number of hydrogen-bond donors (Lipinski definition) is 0. The number of aromatic nitrogens is 3. The molecule has 0 spiro atoms. The topological polar surface area (TPSA) is 60.2 Å². The van der Waals surface area contributed by atoms with Crippen molar-refractivity contribution in [1.29, 1.82) is 0 Å². The van der Waals surface area contributed by atoms with Gasteiger partial charge in [0.05, 0.1) is 31.5 Å². The number of hydrogen-bond acceptors (Lipinski definition) is 4. The first-order valence-corrected chi connectivity index (χ1v) is 8.18. The van der Waals surface area contributed by atoms with Crippen LogP contribution in [0.4, 0.5) is 0 Å². The van der Waals surface area contributed by atoms with Crippen molar-refractivity contribution in [3.63, 3.8) is 0 Å². The van der Waals surface area contributed by atoms with Crippen molar-refractivity contribution < 1.29 is 9.53 Å². The third-order valence-electron chi connectivity index (χ3n) is 4.69. The second kappa shape index (κ2) is 6.12. The van der Waals surface area contributed by atoms with E-state index in [-0.39, 0.29) is 18.1 Å². The Morgan fingerprint density at radius 3 is 3.00 bits per heavy atom. The van der Waals surface area contributed by atoms with Crippen molar-refractivity contribution in [2.75, 3.05) is 13.2 Å². The molecule has 6 nitrogen and oxygen atoms in total. The summed E-state index contributed by atoms with van der Waals surface area (Å²) in [5.74, 6) is -0.0236. The average Bonchev–Trinajstić information content (AvgIpc) is 3.24. The van der Waals surface area contributed by atoms with Crippen LogP contribution >= 0.6 is 0 Å². The molecule has 1 aromatic heterocycles. The lowest BCUT2D eigenvalue weighted by Gasteiger charge is -2.37. The number of fused-ring (bicyclic) bond motifs is 1. The van der Waals surface area contributed by atoms with E-state index in [1.165, 1.54) is 0 Å². The maximum atomic E-state index is 12.8. The Hall–Kier alpha value is -2.21. The van der Waals surface area contributed by atoms with Crippen LogP contribution in [-0.2, 0) is 11.3 Å². The summed E-state index contributed by atoms with van der Waals surface area (Å²) in [6.07, 6.45) is 5.14. The molecule has 1 saturated carbocycles. The highest BCUT2D eigenvalue weighted by molar-refractivity contribution is 5.92. The zero-order valence-electron chi connectivity index (χ0n) is 13.0. The van der Waals surface area contributed by atoms with Crippen molar-refractivity contribution in [3.05, 3.63) is 47.8 Å². The molecule has 2 fully saturated rings. The first-order chi connectivity index (χ1) is 11.3. The van der Waals surface area contributed by atoms with E-state index >= 15 is 0 Å². The molecular formula is C17H20N4O2. The minimum absolute atomic E-state index is 0.0236. The van der Waals surface area contributed by atoms with Gasteiger partial charge in [0, 0.05) is 6.54 Å². The van der Waals surface area contributed by atoms with Crippen LogP contribution in [0.3, 0.4) is 0 Å². The number of ether oxygens (including phenoxy) is 1. The normalized spacial score (nSPS) is 23.7. The Morgan fingerprint density at radius 2 is 2.13 bits per heavy atom. The maximum absolute atomic E-state index is 12.8. The van der Waals surface area contributed by atoms with Crippen LogP contribution in [0, 0.1) is 0 Å². The Morgan fingerprint density at radius 1 is 1.26 bits per heavy atom. The highest BCUT2D eigenvalue weighted by atomic mass is 16.5. The van der Waals surface area contributed by atoms with E-state index in [1.807, 2.05) is 35.2 Å². The van der Waals surface area contributed by atoms with Crippen LogP contribution in [-0.4, -0.2) is 51.1 Å². The van der Waals surface area contributed by atoms with Crippen LogP contribution in [0.1, 0.15) is 35.3 Å². The van der Waals surface area contributed by atoms with Crippen molar-refractivity contribution in [2.24, 2.45) is 0 Å². The van der Waals surface area contributed by atoms with Gasteiger partial charge in [0.15, 0.2) is 5.69 Å². The van der Waals surface area contributed by atoms with Crippen molar-refractivity contribution in [3.8, 4) is 0 Å². The summed E-state index contributed by atoms with van der Waals surface area (Å²) in [6, 6.07) is 10.2. The number of amides is 1. The molecule has 0 N–H and O–H groups in total. The van der Waals surface area contributed by atoms with E-state index in [0.29, 0.717) is 25.4 Å². The lowest BCUT2D eigenvalue weighted by Crippen LogP contribution is -2.51. The smallest absolute Gasteiger partial charge is 0.276 e. The third kappa shape index (κ3) is 2.86. The van der Waals surface area contributed by atoms with Gasteiger partial charge in [-0.05, 0) is 24.8 Å². The Balaban J connectivity index is 1.48. The van der Waals surface area contributed by atoms with Crippen molar-refractivity contribution in [1.82, 2.24) is 19.9 Å².